The number of likely N-dealkylation sites (tertiary alicyclic amines) is 1. The van der Waals surface area contributed by atoms with Crippen molar-refractivity contribution in [2.24, 2.45) is 4.99 Å². The maximum atomic E-state index is 6.90. The molecule has 0 saturated carbocycles. The molecule has 0 bridgehead atoms. The minimum atomic E-state index is -0.374. The Kier molecular flexibility index (Phi) is 4.66. The molecule has 0 radical (unpaired) electrons. The van der Waals surface area contributed by atoms with Gasteiger partial charge in [0.15, 0.2) is 5.79 Å². The zero-order valence-electron chi connectivity index (χ0n) is 16.1. The maximum Gasteiger partial charge on any atom is 0.171 e. The number of ether oxygens (including phenoxy) is 2. The van der Waals surface area contributed by atoms with Crippen molar-refractivity contribution < 1.29 is 9.47 Å². The smallest absolute Gasteiger partial charge is 0.171 e. The average molecular weight is 397 g/mol. The number of aliphatic imine (C=N–C) groups is 1. The molecule has 2 saturated heterocycles. The molecule has 28 heavy (non-hydrogen) atoms. The van der Waals surface area contributed by atoms with Crippen molar-refractivity contribution in [2.45, 2.75) is 37.5 Å². The second-order valence-corrected chi connectivity index (χ2v) is 8.34. The molecule has 3 aliphatic heterocycles. The minimum Gasteiger partial charge on any atom is -0.369 e. The van der Waals surface area contributed by atoms with Crippen LogP contribution in [0.4, 0.5) is 0 Å². The molecule has 4 aliphatic rings. The normalized spacial score (nSPS) is 28.6. The molecular weight excluding hydrogens is 372 g/mol. The van der Waals surface area contributed by atoms with Crippen LogP contribution in [-0.2, 0) is 9.47 Å². The highest BCUT2D eigenvalue weighted by Gasteiger charge is 2.41. The Morgan fingerprint density at radius 2 is 1.82 bits per heavy atom. The Hall–Kier alpha value is -1.88. The number of piperidine rings is 1. The van der Waals surface area contributed by atoms with Gasteiger partial charge in [0.2, 0.25) is 0 Å². The third-order valence-electron chi connectivity index (χ3n) is 6.23. The molecule has 1 aromatic rings. The van der Waals surface area contributed by atoms with E-state index in [1.807, 2.05) is 6.21 Å². The number of allylic oxidation sites excluding steroid dienone is 3. The highest BCUT2D eigenvalue weighted by molar-refractivity contribution is 6.34. The number of rotatable bonds is 2. The van der Waals surface area contributed by atoms with Gasteiger partial charge in [-0.15, -0.1) is 0 Å². The van der Waals surface area contributed by atoms with E-state index in [4.69, 9.17) is 26.1 Å². The van der Waals surface area contributed by atoms with Crippen molar-refractivity contribution in [1.29, 1.82) is 0 Å². The fourth-order valence-electron chi connectivity index (χ4n) is 4.58. The monoisotopic (exact) mass is 396 g/mol. The van der Waals surface area contributed by atoms with Crippen molar-refractivity contribution in [3.63, 3.8) is 0 Å². The Morgan fingerprint density at radius 3 is 2.54 bits per heavy atom. The van der Waals surface area contributed by atoms with E-state index in [9.17, 15) is 0 Å². The number of aryl methyl sites for hydroxylation is 1. The molecule has 146 valence electrons. The summed E-state index contributed by atoms with van der Waals surface area (Å²) in [7, 11) is 0. The van der Waals surface area contributed by atoms with Gasteiger partial charge >= 0.3 is 0 Å². The summed E-state index contributed by atoms with van der Waals surface area (Å²) < 4.78 is 11.7. The van der Waals surface area contributed by atoms with Gasteiger partial charge in [-0.2, -0.15) is 0 Å². The Bertz CT molecular complexity index is 868. The number of benzene rings is 1. The molecule has 1 aliphatic carbocycles. The van der Waals surface area contributed by atoms with Crippen molar-refractivity contribution in [2.75, 3.05) is 26.3 Å². The van der Waals surface area contributed by atoms with Crippen molar-refractivity contribution in [3.05, 3.63) is 69.9 Å². The average Bonchev–Trinajstić information content (AvgIpc) is 3.18. The molecule has 4 nitrogen and oxygen atoms in total. The summed E-state index contributed by atoms with van der Waals surface area (Å²) in [4.78, 5) is 7.25. The molecule has 2 unspecified atom stereocenters. The van der Waals surface area contributed by atoms with Crippen LogP contribution in [-0.4, -0.2) is 49.2 Å². The predicted octanol–water partition coefficient (Wildman–Crippen LogP) is 4.32. The summed E-state index contributed by atoms with van der Waals surface area (Å²) in [6.45, 7) is 5.25. The largest absolute Gasteiger partial charge is 0.369 e. The lowest BCUT2D eigenvalue weighted by molar-refractivity contribution is -0.182. The second-order valence-electron chi connectivity index (χ2n) is 7.96. The molecule has 0 aromatic heterocycles. The van der Waals surface area contributed by atoms with E-state index in [0.717, 1.165) is 42.2 Å². The van der Waals surface area contributed by atoms with Crippen LogP contribution in [0.3, 0.4) is 0 Å². The van der Waals surface area contributed by atoms with Gasteiger partial charge in [0.1, 0.15) is 0 Å². The summed E-state index contributed by atoms with van der Waals surface area (Å²) in [6, 6.07) is 8.76. The summed E-state index contributed by atoms with van der Waals surface area (Å²) >= 11 is 6.90. The molecule has 3 heterocycles. The molecule has 5 rings (SSSR count). The van der Waals surface area contributed by atoms with E-state index in [1.54, 1.807) is 0 Å². The fourth-order valence-corrected chi connectivity index (χ4v) is 4.93. The minimum absolute atomic E-state index is 0.0431. The van der Waals surface area contributed by atoms with E-state index in [1.165, 1.54) is 11.1 Å². The van der Waals surface area contributed by atoms with E-state index in [-0.39, 0.29) is 17.7 Å². The van der Waals surface area contributed by atoms with Crippen LogP contribution in [0.5, 0.6) is 0 Å². The third kappa shape index (κ3) is 3.14. The van der Waals surface area contributed by atoms with Gasteiger partial charge in [-0.1, -0.05) is 59.7 Å². The van der Waals surface area contributed by atoms with Crippen LogP contribution in [0.15, 0.2) is 63.8 Å². The number of hydrogen-bond acceptors (Lipinski definition) is 4. The first-order chi connectivity index (χ1) is 13.7. The first-order valence-corrected chi connectivity index (χ1v) is 10.4. The predicted molar refractivity (Wildman–Crippen MR) is 112 cm³/mol. The Balaban J connectivity index is 1.37. The molecule has 0 amide bonds. The topological polar surface area (TPSA) is 34.1 Å². The highest BCUT2D eigenvalue weighted by Crippen LogP contribution is 2.41. The molecule has 1 aromatic carbocycles. The lowest BCUT2D eigenvalue weighted by Gasteiger charge is -2.40. The van der Waals surface area contributed by atoms with E-state index in [0.29, 0.717) is 13.2 Å². The lowest BCUT2D eigenvalue weighted by Crippen LogP contribution is -2.45. The Labute approximate surface area is 171 Å². The zero-order valence-corrected chi connectivity index (χ0v) is 16.9. The van der Waals surface area contributed by atoms with Crippen LogP contribution in [0.2, 0.25) is 0 Å². The highest BCUT2D eigenvalue weighted by atomic mass is 35.5. The lowest BCUT2D eigenvalue weighted by atomic mass is 9.82. The van der Waals surface area contributed by atoms with E-state index >= 15 is 0 Å². The van der Waals surface area contributed by atoms with Crippen LogP contribution >= 0.6 is 11.6 Å². The number of halogens is 1. The van der Waals surface area contributed by atoms with E-state index < -0.39 is 0 Å². The van der Waals surface area contributed by atoms with Gasteiger partial charge in [-0.05, 0) is 18.1 Å². The summed E-state index contributed by atoms with van der Waals surface area (Å²) in [5.74, 6) is -0.154. The molecule has 2 atom stereocenters. The molecular formula is C23H25ClN2O2. The van der Waals surface area contributed by atoms with Gasteiger partial charge in [0, 0.05) is 38.1 Å². The van der Waals surface area contributed by atoms with Gasteiger partial charge in [-0.25, -0.2) is 0 Å². The van der Waals surface area contributed by atoms with Gasteiger partial charge in [0.05, 0.1) is 30.0 Å². The third-order valence-corrected chi connectivity index (χ3v) is 6.64. The van der Waals surface area contributed by atoms with Gasteiger partial charge in [0.25, 0.3) is 0 Å². The van der Waals surface area contributed by atoms with Gasteiger partial charge < -0.3 is 14.4 Å². The Morgan fingerprint density at radius 1 is 1.11 bits per heavy atom. The van der Waals surface area contributed by atoms with Crippen LogP contribution in [0, 0.1) is 6.92 Å². The van der Waals surface area contributed by atoms with Crippen LogP contribution in [0.25, 0.3) is 0 Å². The van der Waals surface area contributed by atoms with E-state index in [2.05, 4.69) is 54.3 Å². The number of nitrogens with zero attached hydrogens (tertiary/aromatic N) is 2. The fraction of sp³-hybridized carbons (Fsp3) is 0.435. The molecule has 0 N–H and O–H groups in total. The maximum absolute atomic E-state index is 6.90. The number of fused-ring (bicyclic) bond motifs is 1. The van der Waals surface area contributed by atoms with Crippen molar-refractivity contribution in [3.8, 4) is 0 Å². The van der Waals surface area contributed by atoms with Crippen LogP contribution < -0.4 is 0 Å². The summed E-state index contributed by atoms with van der Waals surface area (Å²) in [5.41, 5.74) is 4.68. The number of hydrogen-bond donors (Lipinski definition) is 0. The molecule has 2 fully saturated rings. The standard InChI is InChI=1S/C23H25ClN2O2/c1-16-5-7-17(8-6-16)18-3-2-4-19-21(24)20(15-25-22(18)19)26-11-9-23(10-12-26)27-13-14-28-23/h2-8,15,18,22H,9-14H2,1H3. The summed E-state index contributed by atoms with van der Waals surface area (Å²) in [5, 5.41) is 0.825. The second kappa shape index (κ2) is 7.18. The molecule has 1 spiro atoms. The first kappa shape index (κ1) is 18.2. The first-order valence-electron chi connectivity index (χ1n) is 10.1. The summed E-state index contributed by atoms with van der Waals surface area (Å²) in [6.07, 6.45) is 10.2. The zero-order chi connectivity index (χ0) is 19.1. The number of dihydropyridines is 1. The van der Waals surface area contributed by atoms with Crippen molar-refractivity contribution >= 4 is 17.8 Å². The quantitative estimate of drug-likeness (QED) is 0.746. The van der Waals surface area contributed by atoms with Crippen molar-refractivity contribution in [1.82, 2.24) is 4.90 Å². The molecule has 5 heteroatoms. The SMILES string of the molecule is Cc1ccc(C2C=CC=C3C(Cl)=C(N4CCC5(CC4)OCCO5)C=NC32)cc1. The van der Waals surface area contributed by atoms with Crippen LogP contribution in [0.1, 0.15) is 29.9 Å². The van der Waals surface area contributed by atoms with Gasteiger partial charge in [-0.3, -0.25) is 4.99 Å².